The van der Waals surface area contributed by atoms with Gasteiger partial charge in [0, 0.05) is 13.2 Å². The third-order valence-electron chi connectivity index (χ3n) is 1.91. The van der Waals surface area contributed by atoms with Crippen molar-refractivity contribution in [2.45, 2.75) is 25.4 Å². The van der Waals surface area contributed by atoms with E-state index >= 15 is 0 Å². The van der Waals surface area contributed by atoms with Gasteiger partial charge in [0.2, 0.25) is 0 Å². The summed E-state index contributed by atoms with van der Waals surface area (Å²) in [5.74, 6) is 0. The molecule has 0 aromatic rings. The minimum Gasteiger partial charge on any atom is -0.465 e. The lowest BCUT2D eigenvalue weighted by atomic mass is 10.0. The fourth-order valence-corrected chi connectivity index (χ4v) is 1.24. The van der Waals surface area contributed by atoms with Crippen LogP contribution in [-0.4, -0.2) is 30.0 Å². The Hall–Kier alpha value is -0.770. The molecule has 1 aliphatic rings. The topological polar surface area (TPSA) is 58.6 Å². The Morgan fingerprint density at radius 2 is 2.55 bits per heavy atom. The second-order valence-corrected chi connectivity index (χ2v) is 3.06. The summed E-state index contributed by atoms with van der Waals surface area (Å²) in [6, 6.07) is 0. The standard InChI is InChI=1S/C7H13NO3/c1-7(3-2-4-11-7)5-8-6(9)10/h8H,2-5H2,1H3,(H,9,10). The molecule has 1 unspecified atom stereocenters. The average Bonchev–Trinajstić information content (AvgIpc) is 2.33. The van der Waals surface area contributed by atoms with Crippen LogP contribution in [-0.2, 0) is 4.74 Å². The van der Waals surface area contributed by atoms with Crippen molar-refractivity contribution in [3.63, 3.8) is 0 Å². The first-order chi connectivity index (χ1) is 5.12. The third-order valence-corrected chi connectivity index (χ3v) is 1.91. The lowest BCUT2D eigenvalue weighted by molar-refractivity contribution is 0.0214. The summed E-state index contributed by atoms with van der Waals surface area (Å²) < 4.78 is 5.36. The minimum atomic E-state index is -0.985. The van der Waals surface area contributed by atoms with Gasteiger partial charge in [0.05, 0.1) is 5.60 Å². The van der Waals surface area contributed by atoms with Gasteiger partial charge in [0.15, 0.2) is 0 Å². The molecule has 4 heteroatoms. The smallest absolute Gasteiger partial charge is 0.404 e. The molecular formula is C7H13NO3. The summed E-state index contributed by atoms with van der Waals surface area (Å²) in [6.45, 7) is 3.07. The molecule has 0 radical (unpaired) electrons. The quantitative estimate of drug-likeness (QED) is 0.627. The molecule has 0 spiro atoms. The Balaban J connectivity index is 2.28. The zero-order valence-corrected chi connectivity index (χ0v) is 6.59. The number of ether oxygens (including phenoxy) is 1. The van der Waals surface area contributed by atoms with Crippen LogP contribution in [0.4, 0.5) is 4.79 Å². The fourth-order valence-electron chi connectivity index (χ4n) is 1.24. The van der Waals surface area contributed by atoms with E-state index in [0.717, 1.165) is 19.4 Å². The second kappa shape index (κ2) is 3.09. The van der Waals surface area contributed by atoms with Gasteiger partial charge in [-0.3, -0.25) is 0 Å². The lowest BCUT2D eigenvalue weighted by Gasteiger charge is -2.22. The number of nitrogens with one attached hydrogen (secondary N) is 1. The van der Waals surface area contributed by atoms with Crippen LogP contribution in [0.15, 0.2) is 0 Å². The number of amides is 1. The van der Waals surface area contributed by atoms with Crippen molar-refractivity contribution in [2.75, 3.05) is 13.2 Å². The first-order valence-electron chi connectivity index (χ1n) is 3.73. The van der Waals surface area contributed by atoms with Gasteiger partial charge >= 0.3 is 6.09 Å². The molecule has 1 rings (SSSR count). The van der Waals surface area contributed by atoms with Gasteiger partial charge in [-0.25, -0.2) is 4.79 Å². The van der Waals surface area contributed by atoms with Gasteiger partial charge in [0.1, 0.15) is 0 Å². The van der Waals surface area contributed by atoms with E-state index in [1.807, 2.05) is 6.92 Å². The van der Waals surface area contributed by atoms with Crippen LogP contribution < -0.4 is 5.32 Å². The molecule has 0 saturated carbocycles. The third kappa shape index (κ3) is 2.38. The van der Waals surface area contributed by atoms with Crippen LogP contribution in [0.25, 0.3) is 0 Å². The van der Waals surface area contributed by atoms with E-state index in [0.29, 0.717) is 6.54 Å². The summed E-state index contributed by atoms with van der Waals surface area (Å²) in [7, 11) is 0. The number of hydrogen-bond donors (Lipinski definition) is 2. The van der Waals surface area contributed by atoms with Gasteiger partial charge in [-0.05, 0) is 19.8 Å². The van der Waals surface area contributed by atoms with Crippen molar-refractivity contribution in [3.05, 3.63) is 0 Å². The molecule has 64 valence electrons. The van der Waals surface area contributed by atoms with E-state index in [2.05, 4.69) is 5.32 Å². The van der Waals surface area contributed by atoms with Crippen molar-refractivity contribution < 1.29 is 14.6 Å². The van der Waals surface area contributed by atoms with Gasteiger partial charge in [-0.1, -0.05) is 0 Å². The monoisotopic (exact) mass is 159 g/mol. The molecule has 0 bridgehead atoms. The highest BCUT2D eigenvalue weighted by atomic mass is 16.5. The van der Waals surface area contributed by atoms with E-state index < -0.39 is 6.09 Å². The normalized spacial score (nSPS) is 30.3. The Kier molecular flexibility index (Phi) is 2.34. The van der Waals surface area contributed by atoms with Crippen molar-refractivity contribution in [3.8, 4) is 0 Å². The van der Waals surface area contributed by atoms with Crippen LogP contribution >= 0.6 is 0 Å². The Morgan fingerprint density at radius 3 is 3.00 bits per heavy atom. The molecule has 1 atom stereocenters. The fraction of sp³-hybridized carbons (Fsp3) is 0.857. The van der Waals surface area contributed by atoms with Crippen LogP contribution in [0.1, 0.15) is 19.8 Å². The highest BCUT2D eigenvalue weighted by Crippen LogP contribution is 2.23. The van der Waals surface area contributed by atoms with E-state index in [-0.39, 0.29) is 5.60 Å². The molecule has 2 N–H and O–H groups in total. The number of carbonyl (C=O) groups is 1. The van der Waals surface area contributed by atoms with E-state index in [1.54, 1.807) is 0 Å². The number of carboxylic acid groups (broad SMARTS) is 1. The zero-order chi connectivity index (χ0) is 8.32. The van der Waals surface area contributed by atoms with Crippen molar-refractivity contribution in [1.82, 2.24) is 5.32 Å². The predicted molar refractivity (Wildman–Crippen MR) is 39.6 cm³/mol. The molecule has 0 aromatic carbocycles. The lowest BCUT2D eigenvalue weighted by Crippen LogP contribution is -2.39. The zero-order valence-electron chi connectivity index (χ0n) is 6.59. The highest BCUT2D eigenvalue weighted by Gasteiger charge is 2.29. The molecule has 4 nitrogen and oxygen atoms in total. The van der Waals surface area contributed by atoms with Crippen LogP contribution in [0.3, 0.4) is 0 Å². The molecular weight excluding hydrogens is 146 g/mol. The second-order valence-electron chi connectivity index (χ2n) is 3.06. The molecule has 0 aliphatic carbocycles. The minimum absolute atomic E-state index is 0.265. The summed E-state index contributed by atoms with van der Waals surface area (Å²) in [6.07, 6.45) is 0.979. The number of rotatable bonds is 2. The maximum absolute atomic E-state index is 10.1. The van der Waals surface area contributed by atoms with Crippen molar-refractivity contribution >= 4 is 6.09 Å². The molecule has 1 saturated heterocycles. The SMILES string of the molecule is CC1(CNC(=O)O)CCCO1. The highest BCUT2D eigenvalue weighted by molar-refractivity contribution is 5.64. The largest absolute Gasteiger partial charge is 0.465 e. The Morgan fingerprint density at radius 1 is 1.82 bits per heavy atom. The Bertz CT molecular complexity index is 152. The van der Waals surface area contributed by atoms with Gasteiger partial charge in [-0.2, -0.15) is 0 Å². The Labute approximate surface area is 65.5 Å². The van der Waals surface area contributed by atoms with E-state index in [9.17, 15) is 4.79 Å². The molecule has 1 amide bonds. The molecule has 11 heavy (non-hydrogen) atoms. The first kappa shape index (κ1) is 8.33. The summed E-state index contributed by atoms with van der Waals surface area (Å²) in [4.78, 5) is 10.1. The first-order valence-corrected chi connectivity index (χ1v) is 3.73. The van der Waals surface area contributed by atoms with Gasteiger partial charge in [0.25, 0.3) is 0 Å². The molecule has 0 aromatic heterocycles. The molecule has 1 heterocycles. The summed E-state index contributed by atoms with van der Waals surface area (Å²) >= 11 is 0. The van der Waals surface area contributed by atoms with Crippen LogP contribution in [0.2, 0.25) is 0 Å². The van der Waals surface area contributed by atoms with Crippen molar-refractivity contribution in [1.29, 1.82) is 0 Å². The van der Waals surface area contributed by atoms with Gasteiger partial charge < -0.3 is 15.2 Å². The van der Waals surface area contributed by atoms with E-state index in [1.165, 1.54) is 0 Å². The number of hydrogen-bond acceptors (Lipinski definition) is 2. The van der Waals surface area contributed by atoms with Crippen LogP contribution in [0, 0.1) is 0 Å². The van der Waals surface area contributed by atoms with Crippen LogP contribution in [0.5, 0.6) is 0 Å². The van der Waals surface area contributed by atoms with Crippen molar-refractivity contribution in [2.24, 2.45) is 0 Å². The molecule has 1 fully saturated rings. The molecule has 1 aliphatic heterocycles. The summed E-state index contributed by atoms with van der Waals surface area (Å²) in [5.41, 5.74) is -0.265. The summed E-state index contributed by atoms with van der Waals surface area (Å²) in [5, 5.41) is 10.6. The predicted octanol–water partition coefficient (Wildman–Crippen LogP) is 0.823. The van der Waals surface area contributed by atoms with Gasteiger partial charge in [-0.15, -0.1) is 0 Å². The average molecular weight is 159 g/mol. The van der Waals surface area contributed by atoms with E-state index in [4.69, 9.17) is 9.84 Å². The maximum Gasteiger partial charge on any atom is 0.404 e. The maximum atomic E-state index is 10.1.